The van der Waals surface area contributed by atoms with Gasteiger partial charge in [0.1, 0.15) is 5.82 Å². The fourth-order valence-electron chi connectivity index (χ4n) is 3.66. The smallest absolute Gasteiger partial charge is 0.403 e. The molecule has 0 spiro atoms. The molecule has 2 heterocycles. The molecule has 1 unspecified atom stereocenters. The van der Waals surface area contributed by atoms with Gasteiger partial charge in [-0.3, -0.25) is 5.32 Å². The SMILES string of the molecule is CC1CN(C(=O)Nc2nnc(-c3ccccc3)o2)CCC1=Cc1cc(F)cc(C(F)(F)F)c1. The Morgan fingerprint density at radius 3 is 2.64 bits per heavy atom. The molecule has 6 nitrogen and oxygen atoms in total. The molecule has 1 atom stereocenters. The Morgan fingerprint density at radius 2 is 1.94 bits per heavy atom. The quantitative estimate of drug-likeness (QED) is 0.498. The number of carbonyl (C=O) groups is 1. The number of halogens is 4. The van der Waals surface area contributed by atoms with Gasteiger partial charge in [0.05, 0.1) is 5.56 Å². The summed E-state index contributed by atoms with van der Waals surface area (Å²) < 4.78 is 58.1. The lowest BCUT2D eigenvalue weighted by atomic mass is 9.91. The van der Waals surface area contributed by atoms with E-state index in [1.165, 1.54) is 0 Å². The van der Waals surface area contributed by atoms with Crippen LogP contribution >= 0.6 is 0 Å². The van der Waals surface area contributed by atoms with Gasteiger partial charge in [-0.05, 0) is 48.2 Å². The Kier molecular flexibility index (Phi) is 6.17. The second-order valence-electron chi connectivity index (χ2n) is 7.80. The van der Waals surface area contributed by atoms with Gasteiger partial charge in [0.25, 0.3) is 0 Å². The van der Waals surface area contributed by atoms with E-state index in [-0.39, 0.29) is 23.4 Å². The maximum atomic E-state index is 13.7. The zero-order valence-electron chi connectivity index (χ0n) is 17.6. The molecule has 3 aromatic rings. The van der Waals surface area contributed by atoms with Crippen molar-refractivity contribution in [3.63, 3.8) is 0 Å². The van der Waals surface area contributed by atoms with Crippen molar-refractivity contribution in [2.45, 2.75) is 19.5 Å². The topological polar surface area (TPSA) is 71.3 Å². The highest BCUT2D eigenvalue weighted by Gasteiger charge is 2.31. The predicted octanol–water partition coefficient (Wildman–Crippen LogP) is 5.85. The summed E-state index contributed by atoms with van der Waals surface area (Å²) in [5.41, 5.74) is 0.662. The summed E-state index contributed by atoms with van der Waals surface area (Å²) in [7, 11) is 0. The third-order valence-corrected chi connectivity index (χ3v) is 5.34. The van der Waals surface area contributed by atoms with E-state index in [0.29, 0.717) is 25.6 Å². The van der Waals surface area contributed by atoms with Gasteiger partial charge in [-0.15, -0.1) is 5.10 Å². The minimum atomic E-state index is -4.63. The second-order valence-corrected chi connectivity index (χ2v) is 7.80. The molecule has 172 valence electrons. The Bertz CT molecular complexity index is 1170. The summed E-state index contributed by atoms with van der Waals surface area (Å²) in [6.07, 6.45) is -2.63. The number of amides is 2. The average molecular weight is 460 g/mol. The largest absolute Gasteiger partial charge is 0.416 e. The minimum Gasteiger partial charge on any atom is -0.403 e. The van der Waals surface area contributed by atoms with Crippen molar-refractivity contribution >= 4 is 18.1 Å². The van der Waals surface area contributed by atoms with E-state index in [1.807, 2.05) is 25.1 Å². The predicted molar refractivity (Wildman–Crippen MR) is 113 cm³/mol. The Balaban J connectivity index is 1.41. The number of hydrogen-bond acceptors (Lipinski definition) is 4. The highest BCUT2D eigenvalue weighted by atomic mass is 19.4. The first-order chi connectivity index (χ1) is 15.7. The van der Waals surface area contributed by atoms with Gasteiger partial charge < -0.3 is 9.32 Å². The third kappa shape index (κ3) is 5.39. The summed E-state index contributed by atoms with van der Waals surface area (Å²) in [6, 6.07) is 11.1. The van der Waals surface area contributed by atoms with Crippen LogP contribution < -0.4 is 5.32 Å². The standard InChI is InChI=1S/C23H20F4N4O2/c1-14-13-31(22(32)28-21-30-29-20(33-21)16-5-3-2-4-6-16)8-7-17(14)9-15-10-18(23(25,26)27)12-19(24)11-15/h2-6,9-12,14H,7-8,13H2,1H3,(H,28,30,32). The average Bonchev–Trinajstić information content (AvgIpc) is 3.23. The molecule has 1 fully saturated rings. The van der Waals surface area contributed by atoms with Gasteiger partial charge in [0.15, 0.2) is 0 Å². The van der Waals surface area contributed by atoms with Crippen molar-refractivity contribution in [2.75, 3.05) is 18.4 Å². The number of aromatic nitrogens is 2. The van der Waals surface area contributed by atoms with E-state index < -0.39 is 23.6 Å². The summed E-state index contributed by atoms with van der Waals surface area (Å²) in [5.74, 6) is -0.809. The first kappa shape index (κ1) is 22.5. The summed E-state index contributed by atoms with van der Waals surface area (Å²) in [4.78, 5) is 14.2. The van der Waals surface area contributed by atoms with Gasteiger partial charge in [-0.2, -0.15) is 13.2 Å². The molecule has 33 heavy (non-hydrogen) atoms. The van der Waals surface area contributed by atoms with Gasteiger partial charge in [-0.25, -0.2) is 9.18 Å². The number of benzene rings is 2. The van der Waals surface area contributed by atoms with Crippen molar-refractivity contribution in [2.24, 2.45) is 5.92 Å². The highest BCUT2D eigenvalue weighted by molar-refractivity contribution is 5.87. The van der Waals surface area contributed by atoms with Crippen molar-refractivity contribution in [1.82, 2.24) is 15.1 Å². The van der Waals surface area contributed by atoms with E-state index in [2.05, 4.69) is 15.5 Å². The van der Waals surface area contributed by atoms with Crippen LogP contribution in [-0.4, -0.2) is 34.2 Å². The molecule has 2 aromatic carbocycles. The Labute approximate surface area is 186 Å². The number of piperidine rings is 1. The van der Waals surface area contributed by atoms with Gasteiger partial charge in [0, 0.05) is 18.7 Å². The first-order valence-electron chi connectivity index (χ1n) is 10.2. The van der Waals surface area contributed by atoms with Crippen LogP contribution in [0, 0.1) is 11.7 Å². The summed E-state index contributed by atoms with van der Waals surface area (Å²) in [6.45, 7) is 2.53. The van der Waals surface area contributed by atoms with E-state index in [9.17, 15) is 22.4 Å². The van der Waals surface area contributed by atoms with Crippen LogP contribution in [-0.2, 0) is 6.18 Å². The minimum absolute atomic E-state index is 0.0349. The van der Waals surface area contributed by atoms with Crippen molar-refractivity contribution in [3.8, 4) is 11.5 Å². The van der Waals surface area contributed by atoms with Gasteiger partial charge in [0.2, 0.25) is 5.89 Å². The van der Waals surface area contributed by atoms with E-state index >= 15 is 0 Å². The number of rotatable bonds is 3. The lowest BCUT2D eigenvalue weighted by molar-refractivity contribution is -0.137. The molecule has 0 radical (unpaired) electrons. The van der Waals surface area contributed by atoms with Crippen molar-refractivity contribution in [1.29, 1.82) is 0 Å². The monoisotopic (exact) mass is 460 g/mol. The van der Waals surface area contributed by atoms with E-state index in [1.54, 1.807) is 23.1 Å². The lowest BCUT2D eigenvalue weighted by Crippen LogP contribution is -2.42. The zero-order chi connectivity index (χ0) is 23.6. The maximum Gasteiger partial charge on any atom is 0.416 e. The molecule has 1 aliphatic rings. The Morgan fingerprint density at radius 1 is 1.18 bits per heavy atom. The number of hydrogen-bond donors (Lipinski definition) is 1. The maximum absolute atomic E-state index is 13.7. The molecule has 4 rings (SSSR count). The van der Waals surface area contributed by atoms with Crippen LogP contribution in [0.5, 0.6) is 0 Å². The number of alkyl halides is 3. The van der Waals surface area contributed by atoms with E-state index in [0.717, 1.165) is 23.3 Å². The molecule has 1 aromatic heterocycles. The highest BCUT2D eigenvalue weighted by Crippen LogP contribution is 2.32. The van der Waals surface area contributed by atoms with Crippen LogP contribution in [0.15, 0.2) is 58.5 Å². The molecule has 1 N–H and O–H groups in total. The second kappa shape index (κ2) is 9.05. The summed E-state index contributed by atoms with van der Waals surface area (Å²) >= 11 is 0. The lowest BCUT2D eigenvalue weighted by Gasteiger charge is -2.32. The molecule has 10 heteroatoms. The molecule has 0 bridgehead atoms. The normalized spacial score (nSPS) is 17.9. The van der Waals surface area contributed by atoms with Crippen LogP contribution in [0.2, 0.25) is 0 Å². The summed E-state index contributed by atoms with van der Waals surface area (Å²) in [5, 5.41) is 10.3. The fourth-order valence-corrected chi connectivity index (χ4v) is 3.66. The number of carbonyl (C=O) groups excluding carboxylic acids is 1. The number of nitrogens with zero attached hydrogens (tertiary/aromatic N) is 3. The van der Waals surface area contributed by atoms with Crippen LogP contribution in [0.25, 0.3) is 17.5 Å². The van der Waals surface area contributed by atoms with Crippen LogP contribution in [0.4, 0.5) is 28.4 Å². The molecule has 0 saturated carbocycles. The number of anilines is 1. The number of urea groups is 1. The van der Waals surface area contributed by atoms with Crippen LogP contribution in [0.3, 0.4) is 0 Å². The van der Waals surface area contributed by atoms with Gasteiger partial charge >= 0.3 is 18.2 Å². The zero-order valence-corrected chi connectivity index (χ0v) is 17.6. The molecule has 0 aliphatic carbocycles. The van der Waals surface area contributed by atoms with Crippen LogP contribution in [0.1, 0.15) is 24.5 Å². The Hall–Kier alpha value is -3.69. The van der Waals surface area contributed by atoms with Crippen molar-refractivity contribution in [3.05, 3.63) is 71.0 Å². The number of likely N-dealkylation sites (tertiary alicyclic amines) is 1. The third-order valence-electron chi connectivity index (χ3n) is 5.34. The fraction of sp³-hybridized carbons (Fsp3) is 0.261. The molecular weight excluding hydrogens is 440 g/mol. The number of nitrogens with one attached hydrogen (secondary N) is 1. The molecule has 2 amide bonds. The van der Waals surface area contributed by atoms with Crippen molar-refractivity contribution < 1.29 is 26.8 Å². The molecular formula is C23H20F4N4O2. The first-order valence-corrected chi connectivity index (χ1v) is 10.2. The molecule has 1 aliphatic heterocycles. The van der Waals surface area contributed by atoms with E-state index in [4.69, 9.17) is 4.42 Å². The molecule has 1 saturated heterocycles. The van der Waals surface area contributed by atoms with Gasteiger partial charge in [-0.1, -0.05) is 41.9 Å².